The highest BCUT2D eigenvalue weighted by molar-refractivity contribution is 7.16. The molecule has 39 heavy (non-hydrogen) atoms. The van der Waals surface area contributed by atoms with E-state index in [-0.39, 0.29) is 33.8 Å². The molecule has 0 spiro atoms. The Labute approximate surface area is 226 Å². The van der Waals surface area contributed by atoms with E-state index in [2.05, 4.69) is 10.4 Å². The van der Waals surface area contributed by atoms with Gasteiger partial charge in [-0.25, -0.2) is 9.18 Å². The Kier molecular flexibility index (Phi) is 8.25. The number of hydrogen-bond acceptors (Lipinski definition) is 9. The van der Waals surface area contributed by atoms with Crippen molar-refractivity contribution in [2.75, 3.05) is 33.3 Å². The smallest absolute Gasteiger partial charge is 0.359 e. The Morgan fingerprint density at radius 1 is 1.10 bits per heavy atom. The van der Waals surface area contributed by atoms with E-state index in [1.165, 1.54) is 57.1 Å². The lowest BCUT2D eigenvalue weighted by atomic mass is 10.1. The Morgan fingerprint density at radius 3 is 2.44 bits per heavy atom. The summed E-state index contributed by atoms with van der Waals surface area (Å²) in [5.41, 5.74) is -0.0783. The van der Waals surface area contributed by atoms with Crippen molar-refractivity contribution in [3.63, 3.8) is 0 Å². The van der Waals surface area contributed by atoms with Crippen LogP contribution in [-0.2, 0) is 9.53 Å². The molecule has 2 aromatic carbocycles. The predicted octanol–water partition coefficient (Wildman–Crippen LogP) is 4.44. The highest BCUT2D eigenvalue weighted by Gasteiger charge is 2.23. The molecule has 0 aliphatic heterocycles. The number of ether oxygens (including phenoxy) is 4. The second kappa shape index (κ2) is 11.8. The summed E-state index contributed by atoms with van der Waals surface area (Å²) in [4.78, 5) is 39.0. The first-order chi connectivity index (χ1) is 18.8. The summed E-state index contributed by atoms with van der Waals surface area (Å²) in [5.74, 6) is -0.651. The molecule has 0 aliphatic rings. The zero-order valence-corrected chi connectivity index (χ0v) is 22.3. The molecule has 0 fully saturated rings. The fraction of sp³-hybridized carbons (Fsp3) is 0.185. The number of thiophene rings is 1. The van der Waals surface area contributed by atoms with Crippen LogP contribution in [0.2, 0.25) is 0 Å². The summed E-state index contributed by atoms with van der Waals surface area (Å²) >= 11 is 1.04. The van der Waals surface area contributed by atoms with Crippen molar-refractivity contribution in [3.05, 3.63) is 75.3 Å². The summed E-state index contributed by atoms with van der Waals surface area (Å²) in [6, 6.07) is 8.55. The third-order valence-electron chi connectivity index (χ3n) is 5.52. The van der Waals surface area contributed by atoms with Crippen LogP contribution < -0.4 is 25.1 Å². The average molecular weight is 554 g/mol. The minimum Gasteiger partial charge on any atom is -0.493 e. The van der Waals surface area contributed by atoms with Crippen molar-refractivity contribution in [3.8, 4) is 22.9 Å². The number of esters is 1. The second-order valence-corrected chi connectivity index (χ2v) is 8.78. The largest absolute Gasteiger partial charge is 0.493 e. The van der Waals surface area contributed by atoms with Crippen LogP contribution in [-0.4, -0.2) is 49.6 Å². The molecule has 0 atom stereocenters. The zero-order chi connectivity index (χ0) is 28.1. The van der Waals surface area contributed by atoms with E-state index in [4.69, 9.17) is 18.9 Å². The molecule has 0 saturated heterocycles. The predicted molar refractivity (Wildman–Crippen MR) is 145 cm³/mol. The number of carbonyl (C=O) groups is 2. The normalized spacial score (nSPS) is 11.0. The molecule has 4 aromatic rings. The van der Waals surface area contributed by atoms with Gasteiger partial charge in [0.05, 0.1) is 39.0 Å². The average Bonchev–Trinajstić information content (AvgIpc) is 3.35. The van der Waals surface area contributed by atoms with Gasteiger partial charge in [-0.3, -0.25) is 9.59 Å². The molecular weight excluding hydrogens is 529 g/mol. The molecule has 10 nitrogen and oxygen atoms in total. The summed E-state index contributed by atoms with van der Waals surface area (Å²) in [6.07, 6.45) is 2.80. The van der Waals surface area contributed by atoms with Gasteiger partial charge < -0.3 is 24.3 Å². The van der Waals surface area contributed by atoms with Crippen LogP contribution in [0.4, 0.5) is 9.39 Å². The molecule has 0 bridgehead atoms. The number of fused-ring (bicyclic) bond motifs is 1. The fourth-order valence-corrected chi connectivity index (χ4v) is 4.74. The Hall–Kier alpha value is -4.71. The van der Waals surface area contributed by atoms with Gasteiger partial charge in [0, 0.05) is 16.8 Å². The maximum Gasteiger partial charge on any atom is 0.359 e. The second-order valence-electron chi connectivity index (χ2n) is 7.90. The van der Waals surface area contributed by atoms with Crippen molar-refractivity contribution in [1.82, 2.24) is 9.78 Å². The molecule has 2 heterocycles. The summed E-state index contributed by atoms with van der Waals surface area (Å²) in [7, 11) is 4.45. The van der Waals surface area contributed by atoms with Crippen LogP contribution in [0.1, 0.15) is 23.0 Å². The molecule has 4 rings (SSSR count). The van der Waals surface area contributed by atoms with E-state index >= 15 is 0 Å². The number of rotatable bonds is 9. The van der Waals surface area contributed by atoms with Crippen LogP contribution >= 0.6 is 11.3 Å². The molecule has 2 aromatic heterocycles. The van der Waals surface area contributed by atoms with E-state index < -0.39 is 23.3 Å². The molecule has 202 valence electrons. The molecule has 0 aliphatic carbocycles. The number of halogens is 1. The van der Waals surface area contributed by atoms with Crippen LogP contribution in [0.15, 0.2) is 52.6 Å². The van der Waals surface area contributed by atoms with Gasteiger partial charge in [0.2, 0.25) is 11.7 Å². The van der Waals surface area contributed by atoms with Gasteiger partial charge in [-0.15, -0.1) is 11.3 Å². The van der Waals surface area contributed by atoms with Crippen molar-refractivity contribution in [1.29, 1.82) is 0 Å². The van der Waals surface area contributed by atoms with E-state index in [1.54, 1.807) is 19.1 Å². The van der Waals surface area contributed by atoms with E-state index in [0.717, 1.165) is 22.1 Å². The van der Waals surface area contributed by atoms with Crippen LogP contribution in [0.25, 0.3) is 22.5 Å². The monoisotopic (exact) mass is 553 g/mol. The van der Waals surface area contributed by atoms with Crippen molar-refractivity contribution in [2.24, 2.45) is 0 Å². The van der Waals surface area contributed by atoms with E-state index in [9.17, 15) is 18.8 Å². The van der Waals surface area contributed by atoms with E-state index in [1.807, 2.05) is 0 Å². The minimum absolute atomic E-state index is 0.0388. The van der Waals surface area contributed by atoms with Gasteiger partial charge in [-0.1, -0.05) is 6.07 Å². The molecule has 0 unspecified atom stereocenters. The molecule has 12 heteroatoms. The number of carbonyl (C=O) groups excluding carboxylic acids is 2. The zero-order valence-electron chi connectivity index (χ0n) is 21.4. The van der Waals surface area contributed by atoms with Gasteiger partial charge >= 0.3 is 5.97 Å². The lowest BCUT2D eigenvalue weighted by molar-refractivity contribution is -0.111. The first kappa shape index (κ1) is 27.3. The maximum absolute atomic E-state index is 13.9. The van der Waals surface area contributed by atoms with Crippen LogP contribution in [0, 0.1) is 5.82 Å². The lowest BCUT2D eigenvalue weighted by Gasteiger charge is -2.12. The van der Waals surface area contributed by atoms with Crippen LogP contribution in [0.5, 0.6) is 17.2 Å². The SMILES string of the molecule is CCOC(=O)c1nn(-c2cccc(F)c2)c(=O)c2c(NC(=O)/C=C/c3cc(OC)c(OC)c(OC)c3)scc12. The number of methoxy groups -OCH3 is 3. The van der Waals surface area contributed by atoms with Crippen LogP contribution in [0.3, 0.4) is 0 Å². The van der Waals surface area contributed by atoms with Gasteiger partial charge in [0.15, 0.2) is 17.2 Å². The third kappa shape index (κ3) is 5.60. The first-order valence-corrected chi connectivity index (χ1v) is 12.5. The minimum atomic E-state index is -0.759. The molecular formula is C27H24FN3O7S. The number of nitrogens with one attached hydrogen (secondary N) is 1. The highest BCUT2D eigenvalue weighted by Crippen LogP contribution is 2.38. The molecule has 1 amide bonds. The third-order valence-corrected chi connectivity index (χ3v) is 6.42. The van der Waals surface area contributed by atoms with Crippen molar-refractivity contribution in [2.45, 2.75) is 6.92 Å². The maximum atomic E-state index is 13.9. The number of hydrogen-bond donors (Lipinski definition) is 1. The van der Waals surface area contributed by atoms with Gasteiger partial charge in [0.1, 0.15) is 10.8 Å². The summed E-state index contributed by atoms with van der Waals surface area (Å²) < 4.78 is 35.9. The Balaban J connectivity index is 1.74. The lowest BCUT2D eigenvalue weighted by Crippen LogP contribution is -2.25. The topological polar surface area (TPSA) is 118 Å². The number of benzene rings is 2. The first-order valence-electron chi connectivity index (χ1n) is 11.6. The van der Waals surface area contributed by atoms with Gasteiger partial charge in [0.25, 0.3) is 5.56 Å². The van der Waals surface area contributed by atoms with E-state index in [0.29, 0.717) is 22.8 Å². The van der Waals surface area contributed by atoms with Crippen molar-refractivity contribution < 1.29 is 32.9 Å². The number of aromatic nitrogens is 2. The molecule has 1 N–H and O–H groups in total. The standard InChI is InChI=1S/C27H24FN3O7S/c1-5-38-27(34)23-18-14-39-25(22(18)26(33)31(30-23)17-8-6-7-16(28)13-17)29-21(32)10-9-15-11-19(35-2)24(37-4)20(12-15)36-3/h6-14H,5H2,1-4H3,(H,29,32)/b10-9+. The number of nitrogens with zero attached hydrogens (tertiary/aromatic N) is 2. The summed E-state index contributed by atoms with van der Waals surface area (Å²) in [5, 5.41) is 8.80. The Bertz CT molecular complexity index is 1620. The molecule has 0 saturated carbocycles. The quantitative estimate of drug-likeness (QED) is 0.239. The fourth-order valence-electron chi connectivity index (χ4n) is 3.80. The Morgan fingerprint density at radius 2 is 1.82 bits per heavy atom. The molecule has 0 radical (unpaired) electrons. The highest BCUT2D eigenvalue weighted by atomic mass is 32.1. The number of amides is 1. The van der Waals surface area contributed by atoms with Gasteiger partial charge in [-0.05, 0) is 48.9 Å². The van der Waals surface area contributed by atoms with Crippen molar-refractivity contribution >= 4 is 45.1 Å². The van der Waals surface area contributed by atoms with Gasteiger partial charge in [-0.2, -0.15) is 9.78 Å². The number of anilines is 1. The summed E-state index contributed by atoms with van der Waals surface area (Å²) in [6.45, 7) is 1.72.